The van der Waals surface area contributed by atoms with Crippen LogP contribution in [0.15, 0.2) is 59.1 Å². The van der Waals surface area contributed by atoms with Gasteiger partial charge in [-0.3, -0.25) is 0 Å². The molecular formula is C18H15BrFN. The molecule has 1 aliphatic heterocycles. The molecular weight excluding hydrogens is 329 g/mol. The molecule has 4 rings (SSSR count). The molecule has 3 heteroatoms. The van der Waals surface area contributed by atoms with E-state index in [0.717, 1.165) is 16.5 Å². The molecule has 0 saturated carbocycles. The van der Waals surface area contributed by atoms with E-state index in [4.69, 9.17) is 0 Å². The lowest BCUT2D eigenvalue weighted by Gasteiger charge is -2.37. The van der Waals surface area contributed by atoms with E-state index in [1.54, 1.807) is 6.07 Å². The third kappa shape index (κ3) is 2.11. The van der Waals surface area contributed by atoms with Crippen molar-refractivity contribution in [3.63, 3.8) is 0 Å². The molecule has 1 aliphatic carbocycles. The molecule has 2 aromatic rings. The first-order valence-electron chi connectivity index (χ1n) is 7.21. The van der Waals surface area contributed by atoms with Gasteiger partial charge < -0.3 is 5.32 Å². The number of rotatable bonds is 1. The summed E-state index contributed by atoms with van der Waals surface area (Å²) in [5, 5.41) is 3.44. The molecule has 3 atom stereocenters. The molecule has 1 N–H and O–H groups in total. The molecule has 0 fully saturated rings. The normalized spacial score (nSPS) is 26.1. The number of nitrogens with one attached hydrogen (secondary N) is 1. The maximum absolute atomic E-state index is 14.2. The van der Waals surface area contributed by atoms with Crippen molar-refractivity contribution in [2.75, 3.05) is 5.32 Å². The Morgan fingerprint density at radius 1 is 1.14 bits per heavy atom. The van der Waals surface area contributed by atoms with Gasteiger partial charge in [0.2, 0.25) is 0 Å². The van der Waals surface area contributed by atoms with Crippen molar-refractivity contribution >= 4 is 21.6 Å². The third-order valence-electron chi connectivity index (χ3n) is 4.55. The lowest BCUT2D eigenvalue weighted by molar-refractivity contribution is 0.420. The number of anilines is 1. The van der Waals surface area contributed by atoms with E-state index in [2.05, 4.69) is 45.5 Å². The standard InChI is InChI=1S/C18H15BrFN/c19-12-5-1-4-11(10-12)17-14-7-2-6-13(14)15-8-3-9-16(20)18(15)21-17/h1-6,8-10,13-14,17,21H,7H2. The summed E-state index contributed by atoms with van der Waals surface area (Å²) >= 11 is 3.53. The van der Waals surface area contributed by atoms with E-state index >= 15 is 0 Å². The summed E-state index contributed by atoms with van der Waals surface area (Å²) in [5.74, 6) is 0.598. The summed E-state index contributed by atoms with van der Waals surface area (Å²) in [6, 6.07) is 13.8. The molecule has 0 radical (unpaired) electrons. The molecule has 106 valence electrons. The van der Waals surface area contributed by atoms with Crippen LogP contribution in [-0.4, -0.2) is 0 Å². The highest BCUT2D eigenvalue weighted by Crippen LogP contribution is 2.50. The Bertz CT molecular complexity index is 725. The second kappa shape index (κ2) is 4.99. The Morgan fingerprint density at radius 2 is 2.00 bits per heavy atom. The Labute approximate surface area is 132 Å². The summed E-state index contributed by atoms with van der Waals surface area (Å²) in [7, 11) is 0. The monoisotopic (exact) mass is 343 g/mol. The van der Waals surface area contributed by atoms with Gasteiger partial charge in [-0.2, -0.15) is 0 Å². The highest BCUT2D eigenvalue weighted by atomic mass is 79.9. The van der Waals surface area contributed by atoms with Gasteiger partial charge in [0, 0.05) is 10.4 Å². The van der Waals surface area contributed by atoms with Crippen LogP contribution in [0.1, 0.15) is 29.5 Å². The average molecular weight is 344 g/mol. The van der Waals surface area contributed by atoms with Gasteiger partial charge in [-0.25, -0.2) is 4.39 Å². The molecule has 3 unspecified atom stereocenters. The number of benzene rings is 2. The van der Waals surface area contributed by atoms with Gasteiger partial charge in [0.05, 0.1) is 11.7 Å². The van der Waals surface area contributed by atoms with Crippen molar-refractivity contribution in [2.45, 2.75) is 18.4 Å². The minimum atomic E-state index is -0.161. The molecule has 1 nitrogen and oxygen atoms in total. The predicted octanol–water partition coefficient (Wildman–Crippen LogP) is 5.41. The van der Waals surface area contributed by atoms with Crippen molar-refractivity contribution in [2.24, 2.45) is 5.92 Å². The van der Waals surface area contributed by atoms with Gasteiger partial charge in [-0.15, -0.1) is 0 Å². The lowest BCUT2D eigenvalue weighted by atomic mass is 9.77. The molecule has 0 amide bonds. The smallest absolute Gasteiger partial charge is 0.146 e. The van der Waals surface area contributed by atoms with Crippen molar-refractivity contribution in [3.8, 4) is 0 Å². The highest BCUT2D eigenvalue weighted by Gasteiger charge is 2.38. The Hall–Kier alpha value is -1.61. The molecule has 21 heavy (non-hydrogen) atoms. The Morgan fingerprint density at radius 3 is 2.86 bits per heavy atom. The fraction of sp³-hybridized carbons (Fsp3) is 0.222. The number of para-hydroxylation sites is 1. The highest BCUT2D eigenvalue weighted by molar-refractivity contribution is 9.10. The molecule has 1 heterocycles. The first kappa shape index (κ1) is 13.1. The topological polar surface area (TPSA) is 12.0 Å². The number of allylic oxidation sites excluding steroid dienone is 2. The van der Waals surface area contributed by atoms with Crippen molar-refractivity contribution in [1.29, 1.82) is 0 Å². The van der Waals surface area contributed by atoms with Crippen LogP contribution in [0.4, 0.5) is 10.1 Å². The van der Waals surface area contributed by atoms with Crippen LogP contribution in [0.5, 0.6) is 0 Å². The minimum absolute atomic E-state index is 0.145. The van der Waals surface area contributed by atoms with Crippen LogP contribution in [0.2, 0.25) is 0 Å². The van der Waals surface area contributed by atoms with Crippen LogP contribution in [0, 0.1) is 11.7 Å². The van der Waals surface area contributed by atoms with Gasteiger partial charge in [-0.1, -0.05) is 52.3 Å². The summed E-state index contributed by atoms with van der Waals surface area (Å²) in [6.45, 7) is 0. The second-order valence-electron chi connectivity index (χ2n) is 5.73. The van der Waals surface area contributed by atoms with E-state index in [9.17, 15) is 4.39 Å². The first-order valence-corrected chi connectivity index (χ1v) is 8.00. The maximum Gasteiger partial charge on any atom is 0.146 e. The van der Waals surface area contributed by atoms with Crippen molar-refractivity contribution in [1.82, 2.24) is 0 Å². The largest absolute Gasteiger partial charge is 0.375 e. The maximum atomic E-state index is 14.2. The second-order valence-corrected chi connectivity index (χ2v) is 6.65. The van der Waals surface area contributed by atoms with E-state index in [1.807, 2.05) is 18.2 Å². The van der Waals surface area contributed by atoms with E-state index in [-0.39, 0.29) is 11.9 Å². The van der Waals surface area contributed by atoms with Gasteiger partial charge in [0.1, 0.15) is 5.82 Å². The zero-order chi connectivity index (χ0) is 14.4. The third-order valence-corrected chi connectivity index (χ3v) is 5.05. The van der Waals surface area contributed by atoms with Crippen LogP contribution in [-0.2, 0) is 0 Å². The van der Waals surface area contributed by atoms with E-state index in [1.165, 1.54) is 11.6 Å². The number of hydrogen-bond acceptors (Lipinski definition) is 1. The zero-order valence-electron chi connectivity index (χ0n) is 11.4. The summed E-state index contributed by atoms with van der Waals surface area (Å²) in [6.07, 6.45) is 5.49. The number of halogens is 2. The van der Waals surface area contributed by atoms with Crippen LogP contribution in [0.3, 0.4) is 0 Å². The quantitative estimate of drug-likeness (QED) is 0.682. The fourth-order valence-corrected chi connectivity index (χ4v) is 4.03. The fourth-order valence-electron chi connectivity index (χ4n) is 3.61. The first-order chi connectivity index (χ1) is 10.2. The van der Waals surface area contributed by atoms with Gasteiger partial charge >= 0.3 is 0 Å². The van der Waals surface area contributed by atoms with Crippen molar-refractivity contribution < 1.29 is 4.39 Å². The average Bonchev–Trinajstić information content (AvgIpc) is 2.96. The molecule has 2 aromatic carbocycles. The molecule has 0 aromatic heterocycles. The Balaban J connectivity index is 1.83. The minimum Gasteiger partial charge on any atom is -0.375 e. The summed E-state index contributed by atoms with van der Waals surface area (Å²) in [5.41, 5.74) is 2.95. The van der Waals surface area contributed by atoms with Crippen LogP contribution >= 0.6 is 15.9 Å². The number of fused-ring (bicyclic) bond motifs is 3. The molecule has 0 bridgehead atoms. The lowest BCUT2D eigenvalue weighted by Crippen LogP contribution is -2.29. The number of hydrogen-bond donors (Lipinski definition) is 1. The van der Waals surface area contributed by atoms with Crippen LogP contribution in [0.25, 0.3) is 0 Å². The molecule has 2 aliphatic rings. The SMILES string of the molecule is Fc1cccc2c1NC(c1cccc(Br)c1)C1CC=CC21. The van der Waals surface area contributed by atoms with E-state index in [0.29, 0.717) is 17.5 Å². The Kier molecular flexibility index (Phi) is 3.11. The molecule has 0 saturated heterocycles. The van der Waals surface area contributed by atoms with E-state index < -0.39 is 0 Å². The summed E-state index contributed by atoms with van der Waals surface area (Å²) < 4.78 is 15.3. The molecule has 0 spiro atoms. The van der Waals surface area contributed by atoms with Crippen molar-refractivity contribution in [3.05, 3.63) is 76.0 Å². The predicted molar refractivity (Wildman–Crippen MR) is 86.9 cm³/mol. The summed E-state index contributed by atoms with van der Waals surface area (Å²) in [4.78, 5) is 0. The zero-order valence-corrected chi connectivity index (χ0v) is 13.0. The van der Waals surface area contributed by atoms with Crippen LogP contribution < -0.4 is 5.32 Å². The van der Waals surface area contributed by atoms with Gasteiger partial charge in [0.15, 0.2) is 0 Å². The van der Waals surface area contributed by atoms with Gasteiger partial charge in [0.25, 0.3) is 0 Å². The van der Waals surface area contributed by atoms with Gasteiger partial charge in [-0.05, 0) is 41.7 Å².